The number of hydrogen-bond donors (Lipinski definition) is 0. The van der Waals surface area contributed by atoms with Crippen LogP contribution in [0.4, 0.5) is 0 Å². The molecular formula is C20H30Si. The minimum atomic E-state index is -1.42. The average molecular weight is 299 g/mol. The van der Waals surface area contributed by atoms with Crippen LogP contribution in [0, 0.1) is 0 Å². The zero-order chi connectivity index (χ0) is 15.4. The second kappa shape index (κ2) is 5.12. The van der Waals surface area contributed by atoms with Crippen LogP contribution in [0.25, 0.3) is 0 Å². The minimum absolute atomic E-state index is 0.751. The summed E-state index contributed by atoms with van der Waals surface area (Å²) in [6.45, 7) is 14.7. The molecule has 0 saturated heterocycles. The quantitative estimate of drug-likeness (QED) is 0.506. The fourth-order valence-corrected chi connectivity index (χ4v) is 10.0. The molecule has 0 bridgehead atoms. The summed E-state index contributed by atoms with van der Waals surface area (Å²) < 4.78 is 0. The normalized spacial score (nSPS) is 27.2. The van der Waals surface area contributed by atoms with Gasteiger partial charge in [-0.05, 0) is 81.2 Å². The molecule has 0 amide bonds. The molecule has 114 valence electrons. The van der Waals surface area contributed by atoms with E-state index in [0.29, 0.717) is 0 Å². The van der Waals surface area contributed by atoms with Gasteiger partial charge in [0.05, 0.1) is 8.07 Å². The molecule has 1 atom stereocenters. The van der Waals surface area contributed by atoms with Crippen LogP contribution in [0.3, 0.4) is 0 Å². The third kappa shape index (κ3) is 2.16. The second-order valence-electron chi connectivity index (χ2n) is 7.96. The highest BCUT2D eigenvalue weighted by Gasteiger charge is 2.45. The molecule has 1 heteroatoms. The summed E-state index contributed by atoms with van der Waals surface area (Å²) in [4.78, 5) is 0. The summed E-state index contributed by atoms with van der Waals surface area (Å²) >= 11 is 0. The van der Waals surface area contributed by atoms with Gasteiger partial charge in [-0.1, -0.05) is 42.0 Å². The molecule has 3 rings (SSSR count). The lowest BCUT2D eigenvalue weighted by Gasteiger charge is -2.39. The summed E-state index contributed by atoms with van der Waals surface area (Å²) in [5.74, 6) is 0. The van der Waals surface area contributed by atoms with Crippen LogP contribution in [0.2, 0.25) is 24.2 Å². The molecule has 0 aliphatic heterocycles. The predicted octanol–water partition coefficient (Wildman–Crippen LogP) is 6.56. The van der Waals surface area contributed by atoms with E-state index in [1.165, 1.54) is 25.7 Å². The summed E-state index contributed by atoms with van der Waals surface area (Å²) in [5.41, 5.74) is 11.5. The lowest BCUT2D eigenvalue weighted by Crippen LogP contribution is -2.38. The Kier molecular flexibility index (Phi) is 3.68. The highest BCUT2D eigenvalue weighted by atomic mass is 28.3. The van der Waals surface area contributed by atoms with E-state index in [0.717, 1.165) is 11.1 Å². The molecule has 0 aromatic carbocycles. The van der Waals surface area contributed by atoms with Gasteiger partial charge in [0, 0.05) is 0 Å². The van der Waals surface area contributed by atoms with Gasteiger partial charge >= 0.3 is 0 Å². The zero-order valence-corrected chi connectivity index (χ0v) is 15.6. The van der Waals surface area contributed by atoms with Gasteiger partial charge in [0.25, 0.3) is 0 Å². The van der Waals surface area contributed by atoms with Crippen molar-refractivity contribution in [1.82, 2.24) is 0 Å². The Morgan fingerprint density at radius 1 is 0.905 bits per heavy atom. The first-order chi connectivity index (χ1) is 9.85. The number of hydrogen-bond acceptors (Lipinski definition) is 0. The van der Waals surface area contributed by atoms with Crippen LogP contribution in [0.1, 0.15) is 53.4 Å². The molecule has 0 heterocycles. The van der Waals surface area contributed by atoms with Gasteiger partial charge in [0.15, 0.2) is 0 Å². The van der Waals surface area contributed by atoms with Crippen LogP contribution in [-0.4, -0.2) is 8.07 Å². The van der Waals surface area contributed by atoms with E-state index in [2.05, 4.69) is 52.9 Å². The molecule has 0 fully saturated rings. The molecule has 3 aliphatic rings. The van der Waals surface area contributed by atoms with E-state index < -0.39 is 8.07 Å². The molecule has 0 radical (unpaired) electrons. The smallest absolute Gasteiger partial charge is 0.0709 e. The van der Waals surface area contributed by atoms with E-state index in [9.17, 15) is 0 Å². The monoisotopic (exact) mass is 298 g/mol. The van der Waals surface area contributed by atoms with Gasteiger partial charge in [-0.15, -0.1) is 0 Å². The fraction of sp³-hybridized carbons (Fsp3) is 0.600. The maximum absolute atomic E-state index is 2.64. The van der Waals surface area contributed by atoms with Crippen molar-refractivity contribution in [2.24, 2.45) is 0 Å². The van der Waals surface area contributed by atoms with Crippen LogP contribution >= 0.6 is 0 Å². The van der Waals surface area contributed by atoms with Gasteiger partial charge in [-0.2, -0.15) is 0 Å². The molecule has 0 nitrogen and oxygen atoms in total. The first-order valence-electron chi connectivity index (χ1n) is 8.61. The SMILES string of the molecule is CC1=C(C)C([Si](C)(C)C2C=CC3=C2CCCC3)C(C)=C1C. The molecule has 21 heavy (non-hydrogen) atoms. The Morgan fingerprint density at radius 2 is 1.48 bits per heavy atom. The third-order valence-corrected chi connectivity index (χ3v) is 11.1. The first kappa shape index (κ1) is 15.1. The molecule has 0 N–H and O–H groups in total. The third-order valence-electron chi connectivity index (χ3n) is 6.58. The van der Waals surface area contributed by atoms with E-state index >= 15 is 0 Å². The number of allylic oxidation sites excluding steroid dienone is 8. The summed E-state index contributed by atoms with van der Waals surface area (Å²) in [6.07, 6.45) is 10.6. The Balaban J connectivity index is 1.99. The van der Waals surface area contributed by atoms with Crippen molar-refractivity contribution in [2.75, 3.05) is 0 Å². The van der Waals surface area contributed by atoms with Gasteiger partial charge in [-0.25, -0.2) is 0 Å². The molecule has 0 saturated carbocycles. The van der Waals surface area contributed by atoms with Crippen LogP contribution < -0.4 is 0 Å². The topological polar surface area (TPSA) is 0 Å². The van der Waals surface area contributed by atoms with E-state index in [-0.39, 0.29) is 0 Å². The molecule has 0 aromatic rings. The highest BCUT2D eigenvalue weighted by molar-refractivity contribution is 6.82. The minimum Gasteiger partial charge on any atom is -0.0797 e. The van der Waals surface area contributed by atoms with Crippen LogP contribution in [-0.2, 0) is 0 Å². The van der Waals surface area contributed by atoms with Crippen molar-refractivity contribution < 1.29 is 0 Å². The summed E-state index contributed by atoms with van der Waals surface area (Å²) in [6, 6.07) is 0. The lowest BCUT2D eigenvalue weighted by molar-refractivity contribution is 0.677. The molecular weight excluding hydrogens is 268 g/mol. The number of rotatable bonds is 2. The predicted molar refractivity (Wildman–Crippen MR) is 96.4 cm³/mol. The van der Waals surface area contributed by atoms with Crippen molar-refractivity contribution in [1.29, 1.82) is 0 Å². The van der Waals surface area contributed by atoms with Crippen molar-refractivity contribution in [2.45, 2.75) is 77.6 Å². The largest absolute Gasteiger partial charge is 0.0797 e. The van der Waals surface area contributed by atoms with Crippen LogP contribution in [0.5, 0.6) is 0 Å². The molecule has 0 spiro atoms. The van der Waals surface area contributed by atoms with E-state index in [1.54, 1.807) is 27.9 Å². The Labute approximate surface area is 131 Å². The molecule has 3 aliphatic carbocycles. The maximum atomic E-state index is 2.64. The first-order valence-corrected chi connectivity index (χ1v) is 11.8. The van der Waals surface area contributed by atoms with Crippen molar-refractivity contribution in [3.63, 3.8) is 0 Å². The van der Waals surface area contributed by atoms with Gasteiger partial charge in [0.2, 0.25) is 0 Å². The van der Waals surface area contributed by atoms with Crippen molar-refractivity contribution in [3.05, 3.63) is 45.6 Å². The Morgan fingerprint density at radius 3 is 2.10 bits per heavy atom. The second-order valence-corrected chi connectivity index (χ2v) is 12.8. The van der Waals surface area contributed by atoms with Crippen molar-refractivity contribution in [3.8, 4) is 0 Å². The van der Waals surface area contributed by atoms with Crippen molar-refractivity contribution >= 4 is 8.07 Å². The fourth-order valence-electron chi connectivity index (χ4n) is 5.17. The molecule has 0 aromatic heterocycles. The summed E-state index contributed by atoms with van der Waals surface area (Å²) in [5, 5.41) is 0. The van der Waals surface area contributed by atoms with Gasteiger partial charge in [0.1, 0.15) is 0 Å². The Hall–Kier alpha value is -0.823. The van der Waals surface area contributed by atoms with Crippen LogP contribution in [0.15, 0.2) is 45.6 Å². The standard InChI is InChI=1S/C20H30Si/c1-13-14(2)16(4)20(15(13)3)21(5,6)19-12-11-17-9-7-8-10-18(17)19/h11-12,19-20H,7-10H2,1-6H3. The molecule has 1 unspecified atom stereocenters. The zero-order valence-electron chi connectivity index (χ0n) is 14.6. The highest BCUT2D eigenvalue weighted by Crippen LogP contribution is 2.55. The average Bonchev–Trinajstić information content (AvgIpc) is 2.96. The maximum Gasteiger partial charge on any atom is 0.0709 e. The van der Waals surface area contributed by atoms with E-state index in [1.807, 2.05) is 5.57 Å². The Bertz CT molecular complexity index is 571. The van der Waals surface area contributed by atoms with Gasteiger partial charge < -0.3 is 0 Å². The lowest BCUT2D eigenvalue weighted by atomic mass is 9.93. The van der Waals surface area contributed by atoms with E-state index in [4.69, 9.17) is 0 Å². The summed E-state index contributed by atoms with van der Waals surface area (Å²) in [7, 11) is -1.42. The van der Waals surface area contributed by atoms with Gasteiger partial charge in [-0.3, -0.25) is 0 Å².